The number of halogens is 2. The fourth-order valence-corrected chi connectivity index (χ4v) is 7.19. The average molecular weight is 1100 g/mol. The number of hydrogen-bond acceptors (Lipinski definition) is 14. The van der Waals surface area contributed by atoms with Crippen LogP contribution < -0.4 is 27.5 Å². The molecule has 0 spiro atoms. The number of hydrogen-bond donors (Lipinski definition) is 7. The van der Waals surface area contributed by atoms with Gasteiger partial charge in [0.1, 0.15) is 23.7 Å². The summed E-state index contributed by atoms with van der Waals surface area (Å²) in [6.45, 7) is 1.61. The van der Waals surface area contributed by atoms with Crippen molar-refractivity contribution in [3.63, 3.8) is 0 Å². The Labute approximate surface area is 449 Å². The maximum absolute atomic E-state index is 12.7. The van der Waals surface area contributed by atoms with Crippen LogP contribution in [0.4, 0.5) is 5.82 Å². The summed E-state index contributed by atoms with van der Waals surface area (Å²) in [5.41, 5.74) is 7.88. The Kier molecular flexibility index (Phi) is 22.6. The van der Waals surface area contributed by atoms with Gasteiger partial charge in [-0.15, -0.1) is 0 Å². The van der Waals surface area contributed by atoms with Crippen molar-refractivity contribution in [3.05, 3.63) is 173 Å². The van der Waals surface area contributed by atoms with Crippen molar-refractivity contribution >= 4 is 52.1 Å². The topological polar surface area (TPSA) is 265 Å². The van der Waals surface area contributed by atoms with Gasteiger partial charge >= 0.3 is 0 Å². The van der Waals surface area contributed by atoms with Crippen molar-refractivity contribution in [3.8, 4) is 23.6 Å². The number of carbonyl (C=O) groups excluding carboxylic acids is 2. The van der Waals surface area contributed by atoms with E-state index in [9.17, 15) is 29.4 Å². The quantitative estimate of drug-likeness (QED) is 0.0676. The SMILES string of the molecule is Nc1ccc(C#CCOC2CCCCO2)cn1.O=C(NCc1ccc(Cl)cc1)c1c(O)nc2ccc(CCCO)cn2c1=O.O=C(NCc1ccc(Cl)cc1)c1c(O)nc2ccc(CCCO)cn2c1=O.[Y]. The summed E-state index contributed by atoms with van der Waals surface area (Å²) < 4.78 is 13.4. The molecule has 5 aromatic heterocycles. The first-order chi connectivity index (χ1) is 34.3. The molecule has 0 bridgehead atoms. The number of aromatic hydroxyl groups is 2. The number of aliphatic hydroxyl groups is 2. The molecule has 1 saturated heterocycles. The van der Waals surface area contributed by atoms with Gasteiger partial charge < -0.3 is 46.3 Å². The minimum absolute atomic E-state index is 0. The summed E-state index contributed by atoms with van der Waals surface area (Å²) in [5.74, 6) is 3.75. The fourth-order valence-electron chi connectivity index (χ4n) is 6.94. The second-order valence-electron chi connectivity index (χ2n) is 15.9. The molecule has 1 fully saturated rings. The number of amides is 2. The van der Waals surface area contributed by atoms with Crippen LogP contribution in [0.5, 0.6) is 11.8 Å². The van der Waals surface area contributed by atoms with E-state index >= 15 is 0 Å². The van der Waals surface area contributed by atoms with Gasteiger partial charge in [-0.3, -0.25) is 28.0 Å². The predicted molar refractivity (Wildman–Crippen MR) is 267 cm³/mol. The van der Waals surface area contributed by atoms with Crippen LogP contribution >= 0.6 is 23.2 Å². The molecule has 72 heavy (non-hydrogen) atoms. The first-order valence-electron chi connectivity index (χ1n) is 22.5. The van der Waals surface area contributed by atoms with Crippen molar-refractivity contribution in [2.45, 2.75) is 64.3 Å². The van der Waals surface area contributed by atoms with Crippen molar-refractivity contribution < 1.29 is 72.2 Å². The van der Waals surface area contributed by atoms with E-state index < -0.39 is 45.8 Å². The number of fused-ring (bicyclic) bond motifs is 2. The van der Waals surface area contributed by atoms with Gasteiger partial charge in [-0.1, -0.05) is 71.4 Å². The zero-order chi connectivity index (χ0) is 50.7. The van der Waals surface area contributed by atoms with Crippen LogP contribution in [-0.4, -0.2) is 88.7 Å². The molecule has 1 unspecified atom stereocenters. The summed E-state index contributed by atoms with van der Waals surface area (Å²) >= 11 is 11.7. The molecule has 0 aliphatic carbocycles. The minimum Gasteiger partial charge on any atom is -0.493 e. The van der Waals surface area contributed by atoms with Gasteiger partial charge in [-0.25, -0.2) is 4.98 Å². The van der Waals surface area contributed by atoms with E-state index in [1.165, 1.54) is 15.2 Å². The zero-order valence-electron chi connectivity index (χ0n) is 39.0. The summed E-state index contributed by atoms with van der Waals surface area (Å²) in [5, 5.41) is 44.4. The number of anilines is 1. The number of aromatic nitrogens is 5. The van der Waals surface area contributed by atoms with Gasteiger partial charge in [0.05, 0.1) is 0 Å². The number of benzene rings is 2. The van der Waals surface area contributed by atoms with Gasteiger partial charge in [-0.05, 0) is 116 Å². The monoisotopic (exact) mass is 1100 g/mol. The maximum atomic E-state index is 12.7. The summed E-state index contributed by atoms with van der Waals surface area (Å²) in [4.78, 5) is 62.1. The van der Waals surface area contributed by atoms with E-state index in [0.717, 1.165) is 47.3 Å². The van der Waals surface area contributed by atoms with Gasteiger partial charge in [-0.2, -0.15) is 9.97 Å². The molecule has 7 aromatic rings. The van der Waals surface area contributed by atoms with Crippen LogP contribution in [0.15, 0.2) is 113 Å². The molecule has 2 aromatic carbocycles. The third kappa shape index (κ3) is 16.7. The van der Waals surface area contributed by atoms with Crippen LogP contribution in [0, 0.1) is 11.8 Å². The molecule has 1 atom stereocenters. The Balaban J connectivity index is 0.000000205. The Morgan fingerprint density at radius 2 is 1.21 bits per heavy atom. The van der Waals surface area contributed by atoms with Crippen LogP contribution in [0.2, 0.25) is 10.0 Å². The molecule has 2 amide bonds. The van der Waals surface area contributed by atoms with Crippen LogP contribution in [-0.2, 0) is 68.1 Å². The third-order valence-corrected chi connectivity index (χ3v) is 11.2. The number of nitrogens with one attached hydrogen (secondary N) is 2. The normalized spacial score (nSPS) is 12.8. The number of aliphatic hydroxyl groups excluding tert-OH is 2. The molecule has 8 N–H and O–H groups in total. The molecule has 0 saturated carbocycles. The van der Waals surface area contributed by atoms with E-state index in [4.69, 9.17) is 48.6 Å². The average Bonchev–Trinajstić information content (AvgIpc) is 3.37. The summed E-state index contributed by atoms with van der Waals surface area (Å²) in [7, 11) is 0. The molecule has 1 aliphatic rings. The first kappa shape index (κ1) is 56.6. The standard InChI is InChI=1S/2C19H18ClN3O4.C13H16N2O2.Y/c2*20-14-6-3-12(4-7-14)10-21-17(25)16-18(26)22-15-8-5-13(2-1-9-24)11-23(15)19(16)27;14-12-7-6-11(10-15-12)4-3-9-17-13-5-1-2-8-16-13;/h2*3-8,11,24,26H,1-2,9-10H2,(H,21,25);6-7,10,13H,1-2,5,8-9H2,(H2,14,15);. The molecule has 1 aliphatic heterocycles. The number of nitrogen functional groups attached to an aromatic ring is 1. The smallest absolute Gasteiger partial charge is 0.274 e. The molecule has 21 heteroatoms. The Morgan fingerprint density at radius 3 is 1.64 bits per heavy atom. The molecule has 18 nitrogen and oxygen atoms in total. The van der Waals surface area contributed by atoms with Crippen molar-refractivity contribution in [1.29, 1.82) is 0 Å². The van der Waals surface area contributed by atoms with Crippen LogP contribution in [0.1, 0.15) is 80.6 Å². The maximum Gasteiger partial charge on any atom is 0.274 e. The Morgan fingerprint density at radius 1 is 0.722 bits per heavy atom. The van der Waals surface area contributed by atoms with Gasteiger partial charge in [0.15, 0.2) is 17.4 Å². The van der Waals surface area contributed by atoms with E-state index in [0.29, 0.717) is 48.2 Å². The number of pyridine rings is 3. The van der Waals surface area contributed by atoms with Crippen molar-refractivity contribution in [2.24, 2.45) is 0 Å². The number of carbonyl (C=O) groups is 2. The second kappa shape index (κ2) is 28.7. The molecule has 6 heterocycles. The van der Waals surface area contributed by atoms with Crippen LogP contribution in [0.25, 0.3) is 11.3 Å². The van der Waals surface area contributed by atoms with E-state index in [-0.39, 0.29) is 76.6 Å². The third-order valence-electron chi connectivity index (χ3n) is 10.7. The molecule has 373 valence electrons. The molecule has 8 rings (SSSR count). The van der Waals surface area contributed by atoms with Gasteiger partial charge in [0.25, 0.3) is 22.9 Å². The van der Waals surface area contributed by atoms with E-state index in [1.807, 2.05) is 6.07 Å². The largest absolute Gasteiger partial charge is 0.493 e. The predicted octanol–water partition coefficient (Wildman–Crippen LogP) is 5.37. The zero-order valence-corrected chi connectivity index (χ0v) is 43.3. The van der Waals surface area contributed by atoms with Gasteiger partial charge in [0.2, 0.25) is 11.8 Å². The first-order valence-corrected chi connectivity index (χ1v) is 23.3. The molecular weight excluding hydrogens is 1040 g/mol. The molecular formula is C51H52Cl2N8O10Y. The van der Waals surface area contributed by atoms with Crippen LogP contribution in [0.3, 0.4) is 0 Å². The number of rotatable bonds is 14. The second-order valence-corrected chi connectivity index (χ2v) is 16.8. The van der Waals surface area contributed by atoms with Gasteiger partial charge in [0, 0.05) is 99.8 Å². The number of aryl methyl sites for hydroxylation is 2. The Hall–Kier alpha value is -6.27. The number of ether oxygens (including phenoxy) is 2. The van der Waals surface area contributed by atoms with Crippen molar-refractivity contribution in [2.75, 3.05) is 32.2 Å². The number of nitrogens with zero attached hydrogens (tertiary/aromatic N) is 5. The molecule has 1 radical (unpaired) electrons. The Bertz CT molecular complexity index is 2940. The summed E-state index contributed by atoms with van der Waals surface area (Å²) in [6.07, 6.45) is 10.2. The minimum atomic E-state index is -0.713. The fraction of sp³-hybridized carbons (Fsp3) is 0.275. The number of nitrogens with two attached hydrogens (primary N) is 1. The van der Waals surface area contributed by atoms with E-state index in [1.54, 1.807) is 97.5 Å². The van der Waals surface area contributed by atoms with Crippen molar-refractivity contribution in [1.82, 2.24) is 34.4 Å². The van der Waals surface area contributed by atoms with E-state index in [2.05, 4.69) is 37.4 Å². The summed E-state index contributed by atoms with van der Waals surface area (Å²) in [6, 6.07) is 24.1.